The van der Waals surface area contributed by atoms with Crippen LogP contribution in [0.1, 0.15) is 49.8 Å². The lowest BCUT2D eigenvalue weighted by Gasteiger charge is -2.16. The van der Waals surface area contributed by atoms with Gasteiger partial charge in [-0.2, -0.15) is 0 Å². The molecule has 1 nitrogen and oxygen atoms in total. The minimum atomic E-state index is 0.596. The highest BCUT2D eigenvalue weighted by atomic mass is 14.9. The maximum absolute atomic E-state index is 3.64. The van der Waals surface area contributed by atoms with Crippen LogP contribution in [0.4, 0.5) is 0 Å². The van der Waals surface area contributed by atoms with Gasteiger partial charge in [-0.25, -0.2) is 0 Å². The molecular formula is C14H21N. The number of hydrogen-bond donors (Lipinski definition) is 1. The number of benzene rings is 1. The van der Waals surface area contributed by atoms with Crippen molar-refractivity contribution in [2.45, 2.75) is 45.1 Å². The Morgan fingerprint density at radius 2 is 1.93 bits per heavy atom. The topological polar surface area (TPSA) is 12.0 Å². The zero-order valence-electron chi connectivity index (χ0n) is 9.63. The summed E-state index contributed by atoms with van der Waals surface area (Å²) in [7, 11) is 0. The summed E-state index contributed by atoms with van der Waals surface area (Å²) in [6, 6.07) is 9.71. The van der Waals surface area contributed by atoms with Gasteiger partial charge in [0.25, 0.3) is 0 Å². The van der Waals surface area contributed by atoms with Crippen LogP contribution in [-0.4, -0.2) is 6.54 Å². The summed E-state index contributed by atoms with van der Waals surface area (Å²) in [5.74, 6) is 0. The molecule has 2 rings (SSSR count). The lowest BCUT2D eigenvalue weighted by Crippen LogP contribution is -2.20. The first-order valence-corrected chi connectivity index (χ1v) is 6.22. The molecule has 0 bridgehead atoms. The van der Waals surface area contributed by atoms with Crippen molar-refractivity contribution in [3.8, 4) is 0 Å². The average molecular weight is 203 g/mol. The lowest BCUT2D eigenvalue weighted by molar-refractivity contribution is 0.534. The van der Waals surface area contributed by atoms with Gasteiger partial charge >= 0.3 is 0 Å². The Kier molecular flexibility index (Phi) is 3.79. The Labute approximate surface area is 92.9 Å². The van der Waals surface area contributed by atoms with Crippen molar-refractivity contribution in [1.29, 1.82) is 0 Å². The van der Waals surface area contributed by atoms with E-state index < -0.39 is 0 Å². The minimum Gasteiger partial charge on any atom is -0.310 e. The van der Waals surface area contributed by atoms with Crippen LogP contribution in [0.2, 0.25) is 0 Å². The van der Waals surface area contributed by atoms with Crippen molar-refractivity contribution >= 4 is 0 Å². The Hall–Kier alpha value is -0.820. The van der Waals surface area contributed by atoms with E-state index in [0.717, 1.165) is 6.42 Å². The molecule has 0 spiro atoms. The number of hydrogen-bond acceptors (Lipinski definition) is 1. The Bertz CT molecular complexity index is 281. The molecule has 1 saturated heterocycles. The molecule has 1 aromatic rings. The summed E-state index contributed by atoms with van der Waals surface area (Å²) >= 11 is 0. The van der Waals surface area contributed by atoms with Crippen LogP contribution >= 0.6 is 0 Å². The van der Waals surface area contributed by atoms with E-state index in [0.29, 0.717) is 6.04 Å². The summed E-state index contributed by atoms with van der Waals surface area (Å²) in [6.45, 7) is 3.39. The second kappa shape index (κ2) is 5.32. The Morgan fingerprint density at radius 3 is 2.67 bits per heavy atom. The molecule has 0 saturated carbocycles. The third kappa shape index (κ3) is 2.82. The van der Waals surface area contributed by atoms with E-state index in [1.165, 1.54) is 43.4 Å². The van der Waals surface area contributed by atoms with E-state index in [1.807, 2.05) is 0 Å². The van der Waals surface area contributed by atoms with E-state index in [1.54, 1.807) is 0 Å². The fourth-order valence-electron chi connectivity index (χ4n) is 2.30. The van der Waals surface area contributed by atoms with Gasteiger partial charge in [-0.15, -0.1) is 0 Å². The quantitative estimate of drug-likeness (QED) is 0.776. The Balaban J connectivity index is 2.06. The highest BCUT2D eigenvalue weighted by Crippen LogP contribution is 2.22. The van der Waals surface area contributed by atoms with Crippen LogP contribution in [0.3, 0.4) is 0 Å². The standard InChI is InChI=1S/C14H21N/c1-2-12-7-9-13(10-8-12)14-6-4-3-5-11-15-14/h7-10,14-15H,2-6,11H2,1H3/t14-/m0/s1. The molecule has 1 heterocycles. The van der Waals surface area contributed by atoms with Crippen LogP contribution in [-0.2, 0) is 6.42 Å². The predicted octanol–water partition coefficient (Wildman–Crippen LogP) is 3.45. The van der Waals surface area contributed by atoms with Crippen LogP contribution < -0.4 is 5.32 Å². The van der Waals surface area contributed by atoms with Crippen molar-refractivity contribution in [3.05, 3.63) is 35.4 Å². The molecule has 15 heavy (non-hydrogen) atoms. The van der Waals surface area contributed by atoms with Crippen LogP contribution in [0.25, 0.3) is 0 Å². The van der Waals surface area contributed by atoms with E-state index in [9.17, 15) is 0 Å². The largest absolute Gasteiger partial charge is 0.310 e. The minimum absolute atomic E-state index is 0.596. The fourth-order valence-corrected chi connectivity index (χ4v) is 2.30. The van der Waals surface area contributed by atoms with Gasteiger partial charge in [0.2, 0.25) is 0 Å². The SMILES string of the molecule is CCc1ccc([C@@H]2CCCCCN2)cc1. The van der Waals surface area contributed by atoms with Crippen molar-refractivity contribution < 1.29 is 0 Å². The monoisotopic (exact) mass is 203 g/mol. The highest BCUT2D eigenvalue weighted by molar-refractivity contribution is 5.25. The molecule has 1 atom stereocenters. The first-order chi connectivity index (χ1) is 7.40. The van der Waals surface area contributed by atoms with E-state index in [4.69, 9.17) is 0 Å². The van der Waals surface area contributed by atoms with Gasteiger partial charge in [-0.3, -0.25) is 0 Å². The molecule has 1 aliphatic rings. The molecule has 0 amide bonds. The molecular weight excluding hydrogens is 182 g/mol. The second-order valence-corrected chi connectivity index (χ2v) is 4.45. The third-order valence-corrected chi connectivity index (χ3v) is 3.35. The lowest BCUT2D eigenvalue weighted by atomic mass is 10.0. The summed E-state index contributed by atoms with van der Waals surface area (Å²) in [5.41, 5.74) is 2.90. The van der Waals surface area contributed by atoms with Crippen LogP contribution in [0.15, 0.2) is 24.3 Å². The molecule has 1 aliphatic heterocycles. The molecule has 0 aromatic heterocycles. The van der Waals surface area contributed by atoms with Gasteiger partial charge in [0.1, 0.15) is 0 Å². The van der Waals surface area contributed by atoms with Gasteiger partial charge in [-0.1, -0.05) is 44.0 Å². The molecule has 1 heteroatoms. The van der Waals surface area contributed by atoms with Crippen molar-refractivity contribution in [1.82, 2.24) is 5.32 Å². The molecule has 1 fully saturated rings. The van der Waals surface area contributed by atoms with Crippen LogP contribution in [0.5, 0.6) is 0 Å². The molecule has 1 aromatic carbocycles. The molecule has 0 aliphatic carbocycles. The molecule has 0 radical (unpaired) electrons. The van der Waals surface area contributed by atoms with Gasteiger partial charge in [0.15, 0.2) is 0 Å². The molecule has 1 N–H and O–H groups in total. The zero-order chi connectivity index (χ0) is 10.5. The Morgan fingerprint density at radius 1 is 1.13 bits per heavy atom. The average Bonchev–Trinajstić information content (AvgIpc) is 2.58. The molecule has 82 valence electrons. The zero-order valence-corrected chi connectivity index (χ0v) is 9.63. The first-order valence-electron chi connectivity index (χ1n) is 6.22. The van der Waals surface area contributed by atoms with Gasteiger partial charge in [0.05, 0.1) is 0 Å². The first kappa shape index (κ1) is 10.7. The number of nitrogens with one attached hydrogen (secondary N) is 1. The van der Waals surface area contributed by atoms with Gasteiger partial charge < -0.3 is 5.32 Å². The summed E-state index contributed by atoms with van der Waals surface area (Å²) in [5, 5.41) is 3.64. The highest BCUT2D eigenvalue weighted by Gasteiger charge is 2.12. The predicted molar refractivity (Wildman–Crippen MR) is 65.0 cm³/mol. The van der Waals surface area contributed by atoms with Crippen molar-refractivity contribution in [2.75, 3.05) is 6.54 Å². The fraction of sp³-hybridized carbons (Fsp3) is 0.571. The second-order valence-electron chi connectivity index (χ2n) is 4.45. The summed E-state index contributed by atoms with van der Waals surface area (Å²) in [6.07, 6.45) is 6.52. The smallest absolute Gasteiger partial charge is 0.0320 e. The number of aryl methyl sites for hydroxylation is 1. The maximum Gasteiger partial charge on any atom is 0.0320 e. The maximum atomic E-state index is 3.64. The van der Waals surface area contributed by atoms with Gasteiger partial charge in [0, 0.05) is 6.04 Å². The van der Waals surface area contributed by atoms with Crippen molar-refractivity contribution in [3.63, 3.8) is 0 Å². The van der Waals surface area contributed by atoms with Crippen LogP contribution in [0, 0.1) is 0 Å². The van der Waals surface area contributed by atoms with E-state index in [-0.39, 0.29) is 0 Å². The third-order valence-electron chi connectivity index (χ3n) is 3.35. The molecule has 0 unspecified atom stereocenters. The van der Waals surface area contributed by atoms with E-state index in [2.05, 4.69) is 36.5 Å². The van der Waals surface area contributed by atoms with Gasteiger partial charge in [-0.05, 0) is 36.9 Å². The summed E-state index contributed by atoms with van der Waals surface area (Å²) in [4.78, 5) is 0. The number of rotatable bonds is 2. The van der Waals surface area contributed by atoms with E-state index >= 15 is 0 Å². The normalized spacial score (nSPS) is 22.3. The van der Waals surface area contributed by atoms with Crippen molar-refractivity contribution in [2.24, 2.45) is 0 Å². The summed E-state index contributed by atoms with van der Waals surface area (Å²) < 4.78 is 0.